The van der Waals surface area contributed by atoms with Crippen molar-refractivity contribution in [2.24, 2.45) is 0 Å². The molecule has 0 bridgehead atoms. The summed E-state index contributed by atoms with van der Waals surface area (Å²) in [5.74, 6) is 3.18. The van der Waals surface area contributed by atoms with Crippen molar-refractivity contribution in [3.63, 3.8) is 0 Å². The second-order valence-electron chi connectivity index (χ2n) is 7.04. The molecule has 1 aliphatic rings. The molecule has 2 aromatic carbocycles. The van der Waals surface area contributed by atoms with Gasteiger partial charge < -0.3 is 29.2 Å². The lowest BCUT2D eigenvalue weighted by atomic mass is 10.2. The van der Waals surface area contributed by atoms with Crippen molar-refractivity contribution >= 4 is 29.0 Å². The lowest BCUT2D eigenvalue weighted by molar-refractivity contribution is -0.113. The smallest absolute Gasteiger partial charge is 0.234 e. The highest BCUT2D eigenvalue weighted by molar-refractivity contribution is 7.99. The van der Waals surface area contributed by atoms with E-state index in [9.17, 15) is 4.79 Å². The highest BCUT2D eigenvalue weighted by atomic mass is 32.2. The van der Waals surface area contributed by atoms with E-state index in [4.69, 9.17) is 18.9 Å². The Kier molecular flexibility index (Phi) is 9.84. The number of amides is 1. The van der Waals surface area contributed by atoms with Crippen LogP contribution in [0.4, 0.5) is 11.4 Å². The Morgan fingerprint density at radius 3 is 2.47 bits per heavy atom. The molecular formula is C24H32N2O5S. The Morgan fingerprint density at radius 1 is 1.03 bits per heavy atom. The number of hydrogen-bond donors (Lipinski definition) is 1. The zero-order valence-electron chi connectivity index (χ0n) is 18.8. The molecule has 0 radical (unpaired) electrons. The first-order chi connectivity index (χ1) is 15.7. The molecule has 32 heavy (non-hydrogen) atoms. The molecule has 0 unspecified atom stereocenters. The van der Waals surface area contributed by atoms with Crippen LogP contribution in [0.25, 0.3) is 0 Å². The number of ether oxygens (including phenoxy) is 4. The molecule has 1 heterocycles. The molecule has 2 aromatic rings. The van der Waals surface area contributed by atoms with Crippen LogP contribution in [-0.2, 0) is 9.53 Å². The van der Waals surface area contributed by atoms with Crippen LogP contribution in [-0.4, -0.2) is 63.5 Å². The second-order valence-corrected chi connectivity index (χ2v) is 8.15. The quantitative estimate of drug-likeness (QED) is 0.479. The molecule has 1 amide bonds. The summed E-state index contributed by atoms with van der Waals surface area (Å²) in [6.07, 6.45) is 0. The van der Waals surface area contributed by atoms with Gasteiger partial charge in [-0.3, -0.25) is 4.79 Å². The molecule has 0 aromatic heterocycles. The predicted molar refractivity (Wildman–Crippen MR) is 130 cm³/mol. The van der Waals surface area contributed by atoms with Crippen LogP contribution in [0.2, 0.25) is 0 Å². The summed E-state index contributed by atoms with van der Waals surface area (Å²) in [6, 6.07) is 13.5. The van der Waals surface area contributed by atoms with Crippen LogP contribution >= 0.6 is 11.8 Å². The number of anilines is 2. The van der Waals surface area contributed by atoms with Crippen LogP contribution in [0.15, 0.2) is 42.5 Å². The zero-order chi connectivity index (χ0) is 22.6. The van der Waals surface area contributed by atoms with Crippen molar-refractivity contribution in [2.75, 3.05) is 67.8 Å². The molecule has 0 saturated carbocycles. The van der Waals surface area contributed by atoms with E-state index in [1.54, 1.807) is 0 Å². The summed E-state index contributed by atoms with van der Waals surface area (Å²) in [4.78, 5) is 14.8. The van der Waals surface area contributed by atoms with Gasteiger partial charge in [0.2, 0.25) is 5.91 Å². The number of rotatable bonds is 12. The summed E-state index contributed by atoms with van der Waals surface area (Å²) in [5.41, 5.74) is 1.59. The fraction of sp³-hybridized carbons (Fsp3) is 0.458. The highest BCUT2D eigenvalue weighted by Gasteiger charge is 2.20. The van der Waals surface area contributed by atoms with Gasteiger partial charge in [-0.1, -0.05) is 18.2 Å². The Labute approximate surface area is 194 Å². The van der Waals surface area contributed by atoms with Gasteiger partial charge in [0.05, 0.1) is 50.2 Å². The summed E-state index contributed by atoms with van der Waals surface area (Å²) in [5, 5.41) is 2.98. The molecule has 0 atom stereocenters. The van der Waals surface area contributed by atoms with Gasteiger partial charge in [-0.15, -0.1) is 11.8 Å². The Balaban J connectivity index is 1.59. The minimum absolute atomic E-state index is 0.0859. The van der Waals surface area contributed by atoms with Gasteiger partial charge in [0.25, 0.3) is 0 Å². The van der Waals surface area contributed by atoms with Crippen molar-refractivity contribution < 1.29 is 23.7 Å². The normalized spacial score (nSPS) is 13.5. The minimum atomic E-state index is -0.0859. The number of morpholine rings is 1. The monoisotopic (exact) mass is 460 g/mol. The first kappa shape index (κ1) is 24.1. The number of nitrogens with one attached hydrogen (secondary N) is 1. The Morgan fingerprint density at radius 2 is 1.75 bits per heavy atom. The fourth-order valence-electron chi connectivity index (χ4n) is 3.33. The zero-order valence-corrected chi connectivity index (χ0v) is 19.6. The lowest BCUT2D eigenvalue weighted by Gasteiger charge is -2.31. The predicted octanol–water partition coefficient (Wildman–Crippen LogP) is 4.07. The molecule has 1 saturated heterocycles. The molecule has 0 aliphatic carbocycles. The van der Waals surface area contributed by atoms with Crippen molar-refractivity contribution in [1.29, 1.82) is 0 Å². The van der Waals surface area contributed by atoms with Crippen LogP contribution in [0, 0.1) is 0 Å². The number of nitrogens with zero attached hydrogens (tertiary/aromatic N) is 1. The maximum absolute atomic E-state index is 12.6. The van der Waals surface area contributed by atoms with Gasteiger partial charge in [-0.25, -0.2) is 0 Å². The third-order valence-corrected chi connectivity index (χ3v) is 5.68. The van der Waals surface area contributed by atoms with E-state index in [1.165, 1.54) is 11.8 Å². The third-order valence-electron chi connectivity index (χ3n) is 4.76. The standard InChI is InChI=1S/C24H32N2O5S/c1-3-29-22-17-21(26-10-12-28-13-11-26)23(30-4-2)16-20(22)25-24(27)18-32-15-14-31-19-8-6-5-7-9-19/h5-9,16-17H,3-4,10-15,18H2,1-2H3,(H,25,27). The van der Waals surface area contributed by atoms with E-state index in [-0.39, 0.29) is 5.91 Å². The third kappa shape index (κ3) is 7.24. The summed E-state index contributed by atoms with van der Waals surface area (Å²) in [6.45, 7) is 8.41. The molecular weight excluding hydrogens is 428 g/mol. The SMILES string of the molecule is CCOc1cc(N2CCOCC2)c(OCC)cc1NC(=O)CSCCOc1ccccc1. The molecule has 8 heteroatoms. The molecule has 1 aliphatic heterocycles. The van der Waals surface area contributed by atoms with Crippen LogP contribution in [0.5, 0.6) is 17.2 Å². The first-order valence-electron chi connectivity index (χ1n) is 11.0. The first-order valence-corrected chi connectivity index (χ1v) is 12.2. The number of carbonyl (C=O) groups is 1. The molecule has 1 N–H and O–H groups in total. The van der Waals surface area contributed by atoms with E-state index in [2.05, 4.69) is 10.2 Å². The second kappa shape index (κ2) is 13.1. The summed E-state index contributed by atoms with van der Waals surface area (Å²) < 4.78 is 22.9. The van der Waals surface area contributed by atoms with E-state index < -0.39 is 0 Å². The minimum Gasteiger partial charge on any atom is -0.493 e. The van der Waals surface area contributed by atoms with Crippen LogP contribution in [0.3, 0.4) is 0 Å². The van der Waals surface area contributed by atoms with Gasteiger partial charge in [-0.2, -0.15) is 0 Å². The maximum atomic E-state index is 12.6. The van der Waals surface area contributed by atoms with Crippen molar-refractivity contribution in [2.45, 2.75) is 13.8 Å². The molecule has 7 nitrogen and oxygen atoms in total. The van der Waals surface area contributed by atoms with Crippen molar-refractivity contribution in [3.8, 4) is 17.2 Å². The number of hydrogen-bond acceptors (Lipinski definition) is 7. The van der Waals surface area contributed by atoms with Crippen LogP contribution in [0.1, 0.15) is 13.8 Å². The molecule has 3 rings (SSSR count). The Bertz CT molecular complexity index is 844. The van der Waals surface area contributed by atoms with Crippen molar-refractivity contribution in [1.82, 2.24) is 0 Å². The number of benzene rings is 2. The highest BCUT2D eigenvalue weighted by Crippen LogP contribution is 2.39. The summed E-state index contributed by atoms with van der Waals surface area (Å²) in [7, 11) is 0. The van der Waals surface area contributed by atoms with Crippen molar-refractivity contribution in [3.05, 3.63) is 42.5 Å². The summed E-state index contributed by atoms with van der Waals surface area (Å²) >= 11 is 1.53. The van der Waals surface area contributed by atoms with Crippen LogP contribution < -0.4 is 24.4 Å². The number of para-hydroxylation sites is 1. The molecule has 1 fully saturated rings. The van der Waals surface area contributed by atoms with E-state index >= 15 is 0 Å². The average molecular weight is 461 g/mol. The number of carbonyl (C=O) groups excluding carboxylic acids is 1. The fourth-order valence-corrected chi connectivity index (χ4v) is 3.93. The van der Waals surface area contributed by atoms with Gasteiger partial charge in [0, 0.05) is 31.0 Å². The van der Waals surface area contributed by atoms with E-state index in [1.807, 2.05) is 56.3 Å². The molecule has 0 spiro atoms. The molecule has 174 valence electrons. The van der Waals surface area contributed by atoms with E-state index in [0.29, 0.717) is 50.2 Å². The number of thioether (sulfide) groups is 1. The lowest BCUT2D eigenvalue weighted by Crippen LogP contribution is -2.36. The average Bonchev–Trinajstić information content (AvgIpc) is 2.82. The van der Waals surface area contributed by atoms with Gasteiger partial charge in [0.1, 0.15) is 17.2 Å². The maximum Gasteiger partial charge on any atom is 0.234 e. The van der Waals surface area contributed by atoms with Gasteiger partial charge in [0.15, 0.2) is 0 Å². The largest absolute Gasteiger partial charge is 0.493 e. The van der Waals surface area contributed by atoms with E-state index in [0.717, 1.165) is 36.0 Å². The van der Waals surface area contributed by atoms with Gasteiger partial charge in [-0.05, 0) is 26.0 Å². The Hall–Kier alpha value is -2.58. The topological polar surface area (TPSA) is 69.3 Å². The van der Waals surface area contributed by atoms with Gasteiger partial charge >= 0.3 is 0 Å².